The predicted octanol–water partition coefficient (Wildman–Crippen LogP) is 6.30. The van der Waals surface area contributed by atoms with E-state index in [9.17, 15) is 9.59 Å². The molecule has 0 saturated heterocycles. The first-order valence-corrected chi connectivity index (χ1v) is 12.2. The van der Waals surface area contributed by atoms with Gasteiger partial charge >= 0.3 is 5.97 Å². The van der Waals surface area contributed by atoms with E-state index in [-0.39, 0.29) is 12.5 Å². The minimum Gasteiger partial charge on any atom is -0.493 e. The van der Waals surface area contributed by atoms with E-state index in [1.807, 2.05) is 11.4 Å². The minimum absolute atomic E-state index is 0.154. The Morgan fingerprint density at radius 2 is 1.71 bits per heavy atom. The Labute approximate surface area is 204 Å². The second kappa shape index (κ2) is 11.7. The van der Waals surface area contributed by atoms with Crippen molar-refractivity contribution in [2.24, 2.45) is 0 Å². The SMILES string of the molecule is CCOC(=O)c1c(-c2ccc(OC)c(OC)c2)csc1NC(=O)CCc1ccc(C(C)C)cc1. The van der Waals surface area contributed by atoms with E-state index in [4.69, 9.17) is 14.2 Å². The molecule has 0 aliphatic heterocycles. The van der Waals surface area contributed by atoms with Gasteiger partial charge in [-0.3, -0.25) is 4.79 Å². The molecule has 0 bridgehead atoms. The monoisotopic (exact) mass is 481 g/mol. The molecule has 0 radical (unpaired) electrons. The Morgan fingerprint density at radius 3 is 2.32 bits per heavy atom. The molecule has 1 amide bonds. The van der Waals surface area contributed by atoms with Crippen molar-refractivity contribution in [2.45, 2.75) is 39.5 Å². The first kappa shape index (κ1) is 25.3. The summed E-state index contributed by atoms with van der Waals surface area (Å²) in [5.41, 5.74) is 4.15. The lowest BCUT2D eigenvalue weighted by atomic mass is 10.0. The lowest BCUT2D eigenvalue weighted by Crippen LogP contribution is -2.15. The zero-order valence-electron chi connectivity index (χ0n) is 20.3. The number of benzene rings is 2. The fourth-order valence-electron chi connectivity index (χ4n) is 3.59. The van der Waals surface area contributed by atoms with E-state index in [1.54, 1.807) is 33.3 Å². The third-order valence-electron chi connectivity index (χ3n) is 5.51. The van der Waals surface area contributed by atoms with Gasteiger partial charge in [-0.15, -0.1) is 11.3 Å². The highest BCUT2D eigenvalue weighted by Crippen LogP contribution is 2.39. The van der Waals surface area contributed by atoms with Crippen molar-refractivity contribution in [2.75, 3.05) is 26.1 Å². The normalized spacial score (nSPS) is 10.8. The Hall–Kier alpha value is -3.32. The maximum absolute atomic E-state index is 12.8. The van der Waals surface area contributed by atoms with Gasteiger partial charge in [0.15, 0.2) is 11.5 Å². The van der Waals surface area contributed by atoms with E-state index >= 15 is 0 Å². The maximum Gasteiger partial charge on any atom is 0.341 e. The lowest BCUT2D eigenvalue weighted by molar-refractivity contribution is -0.116. The Morgan fingerprint density at radius 1 is 1.00 bits per heavy atom. The van der Waals surface area contributed by atoms with Crippen molar-refractivity contribution in [1.82, 2.24) is 0 Å². The molecule has 3 aromatic rings. The molecular formula is C27H31NO5S. The molecule has 7 heteroatoms. The van der Waals surface area contributed by atoms with E-state index < -0.39 is 5.97 Å². The van der Waals surface area contributed by atoms with Gasteiger partial charge in [0.05, 0.1) is 20.8 Å². The average Bonchev–Trinajstić information content (AvgIpc) is 3.26. The first-order valence-electron chi connectivity index (χ1n) is 11.3. The van der Waals surface area contributed by atoms with Crippen LogP contribution in [-0.2, 0) is 16.0 Å². The number of methoxy groups -OCH3 is 2. The molecule has 0 saturated carbocycles. The van der Waals surface area contributed by atoms with Gasteiger partial charge < -0.3 is 19.5 Å². The number of esters is 1. The highest BCUT2D eigenvalue weighted by molar-refractivity contribution is 7.15. The molecule has 1 aromatic heterocycles. The number of carbonyl (C=O) groups is 2. The summed E-state index contributed by atoms with van der Waals surface area (Å²) in [5, 5.41) is 5.23. The number of carbonyl (C=O) groups excluding carboxylic acids is 2. The quantitative estimate of drug-likeness (QED) is 0.344. The maximum atomic E-state index is 12.8. The molecule has 0 unspecified atom stereocenters. The van der Waals surface area contributed by atoms with Crippen LogP contribution >= 0.6 is 11.3 Å². The van der Waals surface area contributed by atoms with Crippen LogP contribution in [-0.4, -0.2) is 32.7 Å². The van der Waals surface area contributed by atoms with Crippen LogP contribution < -0.4 is 14.8 Å². The predicted molar refractivity (Wildman–Crippen MR) is 136 cm³/mol. The number of ether oxygens (including phenoxy) is 3. The summed E-state index contributed by atoms with van der Waals surface area (Å²) in [5.74, 6) is 0.980. The molecule has 0 spiro atoms. The van der Waals surface area contributed by atoms with Gasteiger partial charge in [0.2, 0.25) is 5.91 Å². The molecule has 6 nitrogen and oxygen atoms in total. The Kier molecular flexibility index (Phi) is 8.71. The summed E-state index contributed by atoms with van der Waals surface area (Å²) < 4.78 is 16.0. The van der Waals surface area contributed by atoms with E-state index in [1.165, 1.54) is 16.9 Å². The Balaban J connectivity index is 1.80. The summed E-state index contributed by atoms with van der Waals surface area (Å²) in [6.45, 7) is 6.30. The van der Waals surface area contributed by atoms with Crippen LogP contribution in [0.3, 0.4) is 0 Å². The highest BCUT2D eigenvalue weighted by atomic mass is 32.1. The van der Waals surface area contributed by atoms with Crippen molar-refractivity contribution in [3.05, 3.63) is 64.5 Å². The van der Waals surface area contributed by atoms with Gasteiger partial charge in [-0.05, 0) is 48.1 Å². The largest absolute Gasteiger partial charge is 0.493 e. The molecule has 2 aromatic carbocycles. The second-order valence-electron chi connectivity index (χ2n) is 8.09. The van der Waals surface area contributed by atoms with Crippen molar-refractivity contribution in [1.29, 1.82) is 0 Å². The zero-order valence-corrected chi connectivity index (χ0v) is 21.1. The van der Waals surface area contributed by atoms with Gasteiger partial charge in [-0.25, -0.2) is 4.79 Å². The molecular weight excluding hydrogens is 450 g/mol. The first-order chi connectivity index (χ1) is 16.4. The summed E-state index contributed by atoms with van der Waals surface area (Å²) in [6, 6.07) is 13.8. The highest BCUT2D eigenvalue weighted by Gasteiger charge is 2.23. The third-order valence-corrected chi connectivity index (χ3v) is 6.40. The van der Waals surface area contributed by atoms with Crippen molar-refractivity contribution in [3.63, 3.8) is 0 Å². The van der Waals surface area contributed by atoms with Crippen molar-refractivity contribution >= 4 is 28.2 Å². The number of nitrogens with one attached hydrogen (secondary N) is 1. The fourth-order valence-corrected chi connectivity index (χ4v) is 4.56. The lowest BCUT2D eigenvalue weighted by Gasteiger charge is -2.11. The molecule has 0 fully saturated rings. The third kappa shape index (κ3) is 5.97. The molecule has 1 heterocycles. The molecule has 1 N–H and O–H groups in total. The van der Waals surface area contributed by atoms with E-state index in [2.05, 4.69) is 43.4 Å². The number of anilines is 1. The van der Waals surface area contributed by atoms with Crippen molar-refractivity contribution in [3.8, 4) is 22.6 Å². The van der Waals surface area contributed by atoms with Crippen LogP contribution in [0, 0.1) is 0 Å². The summed E-state index contributed by atoms with van der Waals surface area (Å²) in [7, 11) is 3.13. The van der Waals surface area contributed by atoms with Gasteiger partial charge in [0.1, 0.15) is 10.6 Å². The molecule has 0 aliphatic rings. The van der Waals surface area contributed by atoms with Gasteiger partial charge in [0.25, 0.3) is 0 Å². The topological polar surface area (TPSA) is 73.9 Å². The van der Waals surface area contributed by atoms with Crippen LogP contribution in [0.4, 0.5) is 5.00 Å². The number of amides is 1. The van der Waals surface area contributed by atoms with Crippen LogP contribution in [0.1, 0.15) is 54.6 Å². The second-order valence-corrected chi connectivity index (χ2v) is 8.97. The van der Waals surface area contributed by atoms with Crippen molar-refractivity contribution < 1.29 is 23.8 Å². The van der Waals surface area contributed by atoms with Gasteiger partial charge in [-0.2, -0.15) is 0 Å². The van der Waals surface area contributed by atoms with Gasteiger partial charge in [-0.1, -0.05) is 44.2 Å². The summed E-state index contributed by atoms with van der Waals surface area (Å²) >= 11 is 1.30. The van der Waals surface area contributed by atoms with Crippen LogP contribution in [0.25, 0.3) is 11.1 Å². The number of hydrogen-bond donors (Lipinski definition) is 1. The standard InChI is InChI=1S/C27H31NO5S/c1-6-33-27(30)25-21(20-12-13-22(31-4)23(15-20)32-5)16-34-26(25)28-24(29)14-9-18-7-10-19(11-8-18)17(2)3/h7-8,10-13,15-17H,6,9,14H2,1-5H3,(H,28,29). The number of thiophene rings is 1. The molecule has 180 valence electrons. The fraction of sp³-hybridized carbons (Fsp3) is 0.333. The smallest absolute Gasteiger partial charge is 0.341 e. The minimum atomic E-state index is -0.479. The average molecular weight is 482 g/mol. The zero-order chi connectivity index (χ0) is 24.7. The number of aryl methyl sites for hydroxylation is 1. The van der Waals surface area contributed by atoms with Gasteiger partial charge in [0, 0.05) is 17.4 Å². The van der Waals surface area contributed by atoms with Crippen LogP contribution in [0.5, 0.6) is 11.5 Å². The van der Waals surface area contributed by atoms with E-state index in [0.29, 0.717) is 46.4 Å². The Bertz CT molecular complexity index is 1130. The summed E-state index contributed by atoms with van der Waals surface area (Å²) in [4.78, 5) is 25.6. The van der Waals surface area contributed by atoms with Crippen LogP contribution in [0.15, 0.2) is 47.8 Å². The molecule has 34 heavy (non-hydrogen) atoms. The summed E-state index contributed by atoms with van der Waals surface area (Å²) in [6.07, 6.45) is 0.930. The van der Waals surface area contributed by atoms with E-state index in [0.717, 1.165) is 11.1 Å². The number of rotatable bonds is 10. The molecule has 0 atom stereocenters. The molecule has 3 rings (SSSR count). The van der Waals surface area contributed by atoms with Crippen LogP contribution in [0.2, 0.25) is 0 Å². The molecule has 0 aliphatic carbocycles. The number of hydrogen-bond acceptors (Lipinski definition) is 6.